The second-order valence-electron chi connectivity index (χ2n) is 5.51. The molecule has 0 unspecified atom stereocenters. The highest BCUT2D eigenvalue weighted by Gasteiger charge is 2.20. The molecule has 5 heteroatoms. The first-order valence-corrected chi connectivity index (χ1v) is 8.00. The van der Waals surface area contributed by atoms with Gasteiger partial charge in [0.05, 0.1) is 7.11 Å². The summed E-state index contributed by atoms with van der Waals surface area (Å²) < 4.78 is 13.7. The third-order valence-corrected chi connectivity index (χ3v) is 4.26. The van der Waals surface area contributed by atoms with Crippen LogP contribution in [0.15, 0.2) is 47.0 Å². The van der Waals surface area contributed by atoms with Crippen LogP contribution in [0, 0.1) is 0 Å². The zero-order chi connectivity index (χ0) is 16.4. The van der Waals surface area contributed by atoms with E-state index < -0.39 is 0 Å². The van der Waals surface area contributed by atoms with E-state index in [0.717, 1.165) is 41.3 Å². The normalized spacial score (nSPS) is 10.5. The van der Waals surface area contributed by atoms with Crippen LogP contribution in [-0.4, -0.2) is 20.2 Å². The van der Waals surface area contributed by atoms with Crippen molar-refractivity contribution in [1.82, 2.24) is 0 Å². The Morgan fingerprint density at radius 3 is 2.50 bits per heavy atom. The molecule has 0 bridgehead atoms. The Hall–Kier alpha value is -1.76. The molecule has 24 heavy (non-hydrogen) atoms. The maximum absolute atomic E-state index is 6.16. The molecule has 0 saturated carbocycles. The summed E-state index contributed by atoms with van der Waals surface area (Å²) in [7, 11) is 3.70. The lowest BCUT2D eigenvalue weighted by Crippen LogP contribution is -3.00. The lowest BCUT2D eigenvalue weighted by atomic mass is 10.1. The second kappa shape index (κ2) is 7.88. The Bertz CT molecular complexity index is 825. The predicted molar refractivity (Wildman–Crippen MR) is 92.9 cm³/mol. The van der Waals surface area contributed by atoms with Gasteiger partial charge in [0, 0.05) is 42.4 Å². The Labute approximate surface area is 160 Å². The number of anilines is 1. The summed E-state index contributed by atoms with van der Waals surface area (Å²) >= 11 is 0. The SMILES string of the molecule is CCN(CC)c1ccc(OC)c2oc(-c3cccc[n+]3C)cc12.[I-]. The topological polar surface area (TPSA) is 29.5 Å². The molecule has 0 radical (unpaired) electrons. The Morgan fingerprint density at radius 1 is 1.12 bits per heavy atom. The van der Waals surface area contributed by atoms with Crippen LogP contribution in [0.4, 0.5) is 5.69 Å². The zero-order valence-electron chi connectivity index (χ0n) is 14.5. The number of halogens is 1. The number of pyridine rings is 1. The molecule has 1 aromatic carbocycles. The third-order valence-electron chi connectivity index (χ3n) is 4.26. The summed E-state index contributed by atoms with van der Waals surface area (Å²) in [5, 5.41) is 1.09. The maximum atomic E-state index is 6.16. The van der Waals surface area contributed by atoms with Gasteiger partial charge in [0.15, 0.2) is 23.3 Å². The highest BCUT2D eigenvalue weighted by molar-refractivity contribution is 5.97. The van der Waals surface area contributed by atoms with Crippen LogP contribution in [0.1, 0.15) is 13.8 Å². The van der Waals surface area contributed by atoms with E-state index in [1.54, 1.807) is 7.11 Å². The lowest BCUT2D eigenvalue weighted by Gasteiger charge is -2.22. The molecule has 0 atom stereocenters. The summed E-state index contributed by atoms with van der Waals surface area (Å²) in [6.07, 6.45) is 2.02. The molecule has 0 aliphatic carbocycles. The van der Waals surface area contributed by atoms with Crippen LogP contribution >= 0.6 is 0 Å². The Morgan fingerprint density at radius 2 is 1.88 bits per heavy atom. The molecule has 3 rings (SSSR count). The second-order valence-corrected chi connectivity index (χ2v) is 5.51. The summed E-state index contributed by atoms with van der Waals surface area (Å²) in [4.78, 5) is 2.33. The van der Waals surface area contributed by atoms with Crippen LogP contribution in [0.25, 0.3) is 22.4 Å². The number of fused-ring (bicyclic) bond motifs is 1. The number of nitrogens with zero attached hydrogens (tertiary/aromatic N) is 2. The minimum atomic E-state index is 0. The minimum absolute atomic E-state index is 0. The average molecular weight is 438 g/mol. The van der Waals surface area contributed by atoms with Crippen LogP contribution < -0.4 is 38.2 Å². The monoisotopic (exact) mass is 438 g/mol. The number of methoxy groups -OCH3 is 1. The molecule has 0 spiro atoms. The highest BCUT2D eigenvalue weighted by atomic mass is 127. The standard InChI is InChI=1S/C19H23N2O2.HI/c1-5-21(6-2)15-10-11-17(22-4)19-14(15)13-18(23-19)16-9-7-8-12-20(16)3;/h7-13H,5-6H2,1-4H3;1H/q+1;/p-1. The van der Waals surface area contributed by atoms with Gasteiger partial charge in [0.25, 0.3) is 0 Å². The fourth-order valence-electron chi connectivity index (χ4n) is 2.99. The smallest absolute Gasteiger partial charge is 0.248 e. The van der Waals surface area contributed by atoms with Crippen LogP contribution in [-0.2, 0) is 7.05 Å². The van der Waals surface area contributed by atoms with E-state index in [4.69, 9.17) is 9.15 Å². The molecule has 0 aliphatic heterocycles. The van der Waals surface area contributed by atoms with E-state index in [1.807, 2.05) is 31.4 Å². The van der Waals surface area contributed by atoms with Crippen molar-refractivity contribution >= 4 is 16.7 Å². The molecule has 0 fully saturated rings. The maximum Gasteiger partial charge on any atom is 0.248 e. The Kier molecular flexibility index (Phi) is 6.10. The van der Waals surface area contributed by atoms with E-state index in [9.17, 15) is 0 Å². The van der Waals surface area contributed by atoms with E-state index in [1.165, 1.54) is 5.69 Å². The molecule has 2 aromatic heterocycles. The van der Waals surface area contributed by atoms with Crippen molar-refractivity contribution in [3.05, 3.63) is 42.6 Å². The number of furan rings is 1. The van der Waals surface area contributed by atoms with Crippen LogP contribution in [0.2, 0.25) is 0 Å². The largest absolute Gasteiger partial charge is 1.00 e. The first-order chi connectivity index (χ1) is 11.2. The summed E-state index contributed by atoms with van der Waals surface area (Å²) in [6, 6.07) is 12.3. The number of hydrogen-bond donors (Lipinski definition) is 0. The summed E-state index contributed by atoms with van der Waals surface area (Å²) in [6.45, 7) is 6.24. The van der Waals surface area contributed by atoms with Gasteiger partial charge in [0.1, 0.15) is 7.05 Å². The molecule has 2 heterocycles. The van der Waals surface area contributed by atoms with Gasteiger partial charge in [-0.05, 0) is 32.0 Å². The van der Waals surface area contributed by atoms with Crippen molar-refractivity contribution in [2.24, 2.45) is 7.05 Å². The quantitative estimate of drug-likeness (QED) is 0.436. The fraction of sp³-hybridized carbons (Fsp3) is 0.316. The number of rotatable bonds is 5. The van der Waals surface area contributed by atoms with Gasteiger partial charge in [-0.25, -0.2) is 0 Å². The zero-order valence-corrected chi connectivity index (χ0v) is 16.7. The van der Waals surface area contributed by atoms with Gasteiger partial charge in [-0.1, -0.05) is 0 Å². The fourth-order valence-corrected chi connectivity index (χ4v) is 2.99. The van der Waals surface area contributed by atoms with Crippen molar-refractivity contribution in [3.63, 3.8) is 0 Å². The average Bonchev–Trinajstić information content (AvgIpc) is 3.01. The van der Waals surface area contributed by atoms with E-state index in [2.05, 4.69) is 41.5 Å². The minimum Gasteiger partial charge on any atom is -1.00 e. The van der Waals surface area contributed by atoms with Crippen LogP contribution in [0.3, 0.4) is 0 Å². The molecule has 128 valence electrons. The van der Waals surface area contributed by atoms with Gasteiger partial charge < -0.3 is 38.0 Å². The van der Waals surface area contributed by atoms with E-state index >= 15 is 0 Å². The van der Waals surface area contributed by atoms with E-state index in [-0.39, 0.29) is 24.0 Å². The van der Waals surface area contributed by atoms with Crippen molar-refractivity contribution < 1.29 is 37.7 Å². The number of hydrogen-bond acceptors (Lipinski definition) is 3. The van der Waals surface area contributed by atoms with Crippen molar-refractivity contribution in [2.75, 3.05) is 25.1 Å². The third kappa shape index (κ3) is 3.22. The summed E-state index contributed by atoms with van der Waals surface area (Å²) in [5.41, 5.74) is 3.02. The number of aromatic nitrogens is 1. The lowest BCUT2D eigenvalue weighted by molar-refractivity contribution is -0.660. The van der Waals surface area contributed by atoms with Crippen molar-refractivity contribution in [3.8, 4) is 17.2 Å². The van der Waals surface area contributed by atoms with Crippen molar-refractivity contribution in [2.45, 2.75) is 13.8 Å². The predicted octanol–water partition coefficient (Wildman–Crippen LogP) is 0.783. The van der Waals surface area contributed by atoms with Gasteiger partial charge in [0.2, 0.25) is 5.69 Å². The first-order valence-electron chi connectivity index (χ1n) is 8.00. The number of ether oxygens (including phenoxy) is 1. The molecule has 0 aliphatic rings. The molecule has 4 nitrogen and oxygen atoms in total. The molecular weight excluding hydrogens is 415 g/mol. The Balaban J connectivity index is 0.00000208. The first kappa shape index (κ1) is 18.6. The number of aryl methyl sites for hydroxylation is 1. The van der Waals surface area contributed by atoms with Gasteiger partial charge >= 0.3 is 0 Å². The van der Waals surface area contributed by atoms with Crippen LogP contribution in [0.5, 0.6) is 5.75 Å². The molecule has 0 amide bonds. The van der Waals surface area contributed by atoms with Crippen molar-refractivity contribution in [1.29, 1.82) is 0 Å². The summed E-state index contributed by atoms with van der Waals surface area (Å²) in [5.74, 6) is 1.61. The molecule has 3 aromatic rings. The van der Waals surface area contributed by atoms with Gasteiger partial charge in [-0.3, -0.25) is 0 Å². The van der Waals surface area contributed by atoms with Gasteiger partial charge in [-0.2, -0.15) is 4.57 Å². The highest BCUT2D eigenvalue weighted by Crippen LogP contribution is 2.38. The molecule has 0 N–H and O–H groups in total. The van der Waals surface area contributed by atoms with Gasteiger partial charge in [-0.15, -0.1) is 0 Å². The van der Waals surface area contributed by atoms with E-state index in [0.29, 0.717) is 0 Å². The number of benzene rings is 1. The molecule has 0 saturated heterocycles. The molecular formula is C19H23IN2O2.